The fourth-order valence-electron chi connectivity index (χ4n) is 5.51. The minimum Gasteiger partial charge on any atom is -0.347 e. The highest BCUT2D eigenvalue weighted by atomic mass is 35.5. The summed E-state index contributed by atoms with van der Waals surface area (Å²) in [5.41, 5.74) is 0.421. The molecule has 6 heteroatoms. The molecule has 5 rings (SSSR count). The van der Waals surface area contributed by atoms with E-state index in [1.54, 1.807) is 12.1 Å². The number of benzene rings is 1. The van der Waals surface area contributed by atoms with Crippen LogP contribution in [0.4, 0.5) is 5.69 Å². The van der Waals surface area contributed by atoms with Crippen LogP contribution < -0.4 is 5.32 Å². The lowest BCUT2D eigenvalue weighted by molar-refractivity contribution is -0.384. The van der Waals surface area contributed by atoms with Crippen LogP contribution in [-0.2, 0) is 4.79 Å². The lowest BCUT2D eigenvalue weighted by atomic mass is 9.53. The summed E-state index contributed by atoms with van der Waals surface area (Å²) >= 11 is 5.81. The maximum absolute atomic E-state index is 12.4. The van der Waals surface area contributed by atoms with Crippen LogP contribution in [0.25, 0.3) is 6.08 Å². The first-order valence-electron chi connectivity index (χ1n) is 8.87. The molecule has 1 N–H and O–H groups in total. The number of rotatable bonds is 4. The van der Waals surface area contributed by atoms with E-state index in [0.29, 0.717) is 5.56 Å². The van der Waals surface area contributed by atoms with Crippen LogP contribution in [0.1, 0.15) is 44.1 Å². The topological polar surface area (TPSA) is 72.2 Å². The monoisotopic (exact) mass is 360 g/mol. The van der Waals surface area contributed by atoms with E-state index in [-0.39, 0.29) is 22.2 Å². The second-order valence-electron chi connectivity index (χ2n) is 7.99. The number of nitro groups is 1. The summed E-state index contributed by atoms with van der Waals surface area (Å²) in [7, 11) is 0. The third kappa shape index (κ3) is 3.30. The Balaban J connectivity index is 1.45. The van der Waals surface area contributed by atoms with E-state index in [2.05, 4.69) is 5.32 Å². The molecule has 0 unspecified atom stereocenters. The molecule has 4 aliphatic rings. The van der Waals surface area contributed by atoms with Gasteiger partial charge in [-0.1, -0.05) is 17.7 Å². The molecule has 0 saturated heterocycles. The highest BCUT2D eigenvalue weighted by Gasteiger charge is 2.51. The van der Waals surface area contributed by atoms with E-state index in [9.17, 15) is 14.9 Å². The van der Waals surface area contributed by atoms with Crippen LogP contribution in [0.15, 0.2) is 24.3 Å². The SMILES string of the molecule is O=C(/C=C/c1ccc(Cl)c([N+](=O)[O-])c1)NC12CC3CC(CC(C3)C1)C2. The second kappa shape index (κ2) is 6.13. The molecule has 1 aromatic carbocycles. The number of nitrogens with zero attached hydrogens (tertiary/aromatic N) is 1. The van der Waals surface area contributed by atoms with Crippen molar-refractivity contribution in [2.24, 2.45) is 17.8 Å². The molecule has 132 valence electrons. The number of carbonyl (C=O) groups is 1. The van der Waals surface area contributed by atoms with Gasteiger partial charge in [0.25, 0.3) is 5.69 Å². The molecule has 0 atom stereocenters. The molecule has 0 aliphatic heterocycles. The van der Waals surface area contributed by atoms with Gasteiger partial charge >= 0.3 is 0 Å². The first-order chi connectivity index (χ1) is 11.9. The smallest absolute Gasteiger partial charge is 0.288 e. The molecule has 4 saturated carbocycles. The maximum atomic E-state index is 12.4. The van der Waals surface area contributed by atoms with Gasteiger partial charge in [0.2, 0.25) is 5.91 Å². The predicted molar refractivity (Wildman–Crippen MR) is 96.2 cm³/mol. The Labute approximate surface area is 151 Å². The lowest BCUT2D eigenvalue weighted by Crippen LogP contribution is -2.59. The summed E-state index contributed by atoms with van der Waals surface area (Å²) in [5.74, 6) is 2.21. The summed E-state index contributed by atoms with van der Waals surface area (Å²) in [6, 6.07) is 4.54. The van der Waals surface area contributed by atoms with Crippen LogP contribution >= 0.6 is 11.6 Å². The van der Waals surface area contributed by atoms with Crippen LogP contribution in [0.3, 0.4) is 0 Å². The van der Waals surface area contributed by atoms with Crippen molar-refractivity contribution < 1.29 is 9.72 Å². The number of hydrogen-bond donors (Lipinski definition) is 1. The van der Waals surface area contributed by atoms with E-state index >= 15 is 0 Å². The fraction of sp³-hybridized carbons (Fsp3) is 0.526. The number of halogens is 1. The summed E-state index contributed by atoms with van der Waals surface area (Å²) in [5, 5.41) is 14.3. The van der Waals surface area contributed by atoms with Crippen molar-refractivity contribution in [1.82, 2.24) is 5.32 Å². The minimum atomic E-state index is -0.519. The molecule has 0 spiro atoms. The summed E-state index contributed by atoms with van der Waals surface area (Å²) in [6.45, 7) is 0. The lowest BCUT2D eigenvalue weighted by Gasteiger charge is -2.56. The highest BCUT2D eigenvalue weighted by molar-refractivity contribution is 6.32. The zero-order valence-corrected chi connectivity index (χ0v) is 14.7. The Bertz CT molecular complexity index is 724. The second-order valence-corrected chi connectivity index (χ2v) is 8.40. The van der Waals surface area contributed by atoms with Crippen LogP contribution in [0.2, 0.25) is 5.02 Å². The van der Waals surface area contributed by atoms with Gasteiger partial charge in [-0.2, -0.15) is 0 Å². The van der Waals surface area contributed by atoms with Crippen molar-refractivity contribution in [3.05, 3.63) is 45.0 Å². The van der Waals surface area contributed by atoms with Crippen molar-refractivity contribution in [3.63, 3.8) is 0 Å². The first kappa shape index (κ1) is 16.6. The number of amides is 1. The molecule has 0 aromatic heterocycles. The fourth-order valence-corrected chi connectivity index (χ4v) is 5.70. The first-order valence-corrected chi connectivity index (χ1v) is 9.24. The quantitative estimate of drug-likeness (QED) is 0.493. The van der Waals surface area contributed by atoms with E-state index in [4.69, 9.17) is 11.6 Å². The van der Waals surface area contributed by atoms with Gasteiger partial charge < -0.3 is 5.32 Å². The van der Waals surface area contributed by atoms with E-state index in [1.807, 2.05) is 0 Å². The highest BCUT2D eigenvalue weighted by Crippen LogP contribution is 2.55. The summed E-state index contributed by atoms with van der Waals surface area (Å²) in [6.07, 6.45) is 10.4. The van der Waals surface area contributed by atoms with E-state index in [1.165, 1.54) is 37.5 Å². The van der Waals surface area contributed by atoms with Crippen molar-refractivity contribution in [3.8, 4) is 0 Å². The zero-order chi connectivity index (χ0) is 17.6. The van der Waals surface area contributed by atoms with Gasteiger partial charge in [0.1, 0.15) is 5.02 Å². The largest absolute Gasteiger partial charge is 0.347 e. The Kier molecular flexibility index (Phi) is 4.07. The number of nitro benzene ring substituents is 1. The maximum Gasteiger partial charge on any atom is 0.288 e. The molecule has 4 bridgehead atoms. The molecule has 0 heterocycles. The summed E-state index contributed by atoms with van der Waals surface area (Å²) in [4.78, 5) is 22.9. The number of nitrogens with one attached hydrogen (secondary N) is 1. The van der Waals surface area contributed by atoms with Crippen LogP contribution in [0.5, 0.6) is 0 Å². The van der Waals surface area contributed by atoms with Crippen LogP contribution in [0, 0.1) is 27.9 Å². The Morgan fingerprint density at radius 1 is 1.20 bits per heavy atom. The molecular formula is C19H21ClN2O3. The predicted octanol–water partition coefficient (Wildman–Crippen LogP) is 4.35. The average Bonchev–Trinajstić information content (AvgIpc) is 2.52. The minimum absolute atomic E-state index is 0.0256. The van der Waals surface area contributed by atoms with Gasteiger partial charge in [0.05, 0.1) is 4.92 Å². The van der Waals surface area contributed by atoms with Gasteiger partial charge in [0.15, 0.2) is 0 Å². The standard InChI is InChI=1S/C19H21ClN2O3/c20-16-3-1-12(8-17(16)22(24)25)2-4-18(23)21-19-9-13-5-14(10-19)7-15(6-13)11-19/h1-4,8,13-15H,5-7,9-11H2,(H,21,23)/b4-2+. The van der Waals surface area contributed by atoms with Crippen molar-refractivity contribution in [1.29, 1.82) is 0 Å². The van der Waals surface area contributed by atoms with Gasteiger partial charge in [-0.25, -0.2) is 0 Å². The third-order valence-electron chi connectivity index (χ3n) is 6.02. The van der Waals surface area contributed by atoms with Gasteiger partial charge in [-0.3, -0.25) is 14.9 Å². The van der Waals surface area contributed by atoms with Crippen molar-refractivity contribution in [2.45, 2.75) is 44.1 Å². The third-order valence-corrected chi connectivity index (χ3v) is 6.34. The van der Waals surface area contributed by atoms with E-state index in [0.717, 1.165) is 37.0 Å². The number of hydrogen-bond acceptors (Lipinski definition) is 3. The van der Waals surface area contributed by atoms with Crippen molar-refractivity contribution >= 4 is 29.3 Å². The van der Waals surface area contributed by atoms with Crippen molar-refractivity contribution in [2.75, 3.05) is 0 Å². The average molecular weight is 361 g/mol. The van der Waals surface area contributed by atoms with Crippen LogP contribution in [-0.4, -0.2) is 16.4 Å². The molecule has 1 aromatic rings. The molecule has 1 amide bonds. The Morgan fingerprint density at radius 3 is 2.36 bits per heavy atom. The van der Waals surface area contributed by atoms with Gasteiger partial charge in [-0.05, 0) is 74.0 Å². The molecule has 5 nitrogen and oxygen atoms in total. The zero-order valence-electron chi connectivity index (χ0n) is 13.9. The number of carbonyl (C=O) groups excluding carboxylic acids is 1. The molecular weight excluding hydrogens is 340 g/mol. The van der Waals surface area contributed by atoms with E-state index < -0.39 is 4.92 Å². The van der Waals surface area contributed by atoms with Gasteiger partial charge in [0, 0.05) is 17.7 Å². The molecule has 25 heavy (non-hydrogen) atoms. The Morgan fingerprint density at radius 2 is 1.80 bits per heavy atom. The Hall–Kier alpha value is -1.88. The normalized spacial score (nSPS) is 32.9. The summed E-state index contributed by atoms with van der Waals surface area (Å²) < 4.78 is 0. The molecule has 4 fully saturated rings. The van der Waals surface area contributed by atoms with Gasteiger partial charge in [-0.15, -0.1) is 0 Å². The molecule has 0 radical (unpaired) electrons. The molecule has 4 aliphatic carbocycles.